The first-order chi connectivity index (χ1) is 9.54. The Labute approximate surface area is 119 Å². The van der Waals surface area contributed by atoms with Crippen LogP contribution in [0.1, 0.15) is 13.8 Å². The molecule has 0 spiro atoms. The van der Waals surface area contributed by atoms with Gasteiger partial charge >= 0.3 is 0 Å². The first-order valence-corrected chi connectivity index (χ1v) is 6.55. The summed E-state index contributed by atoms with van der Waals surface area (Å²) in [6.07, 6.45) is 1.61. The predicted molar refractivity (Wildman–Crippen MR) is 82.6 cm³/mol. The van der Waals surface area contributed by atoms with Crippen LogP contribution in [0, 0.1) is 0 Å². The second kappa shape index (κ2) is 6.18. The Morgan fingerprint density at radius 3 is 2.40 bits per heavy atom. The Morgan fingerprint density at radius 1 is 1.10 bits per heavy atom. The van der Waals surface area contributed by atoms with Crippen molar-refractivity contribution in [2.45, 2.75) is 19.9 Å². The molecule has 2 aromatic rings. The highest BCUT2D eigenvalue weighted by Gasteiger charge is 2.03. The van der Waals surface area contributed by atoms with Crippen molar-refractivity contribution in [2.75, 3.05) is 29.6 Å². The number of nitrogens with zero attached hydrogens (tertiary/aromatic N) is 4. The van der Waals surface area contributed by atoms with Gasteiger partial charge in [-0.2, -0.15) is 10.1 Å². The molecule has 106 valence electrons. The van der Waals surface area contributed by atoms with E-state index in [9.17, 15) is 0 Å². The quantitative estimate of drug-likeness (QED) is 0.872. The van der Waals surface area contributed by atoms with Crippen molar-refractivity contribution in [2.24, 2.45) is 0 Å². The SMILES string of the molecule is CC(C)Nc1cnnc(Nc2ccc(N(C)C)cc2)n1. The number of aromatic nitrogens is 3. The molecule has 0 saturated carbocycles. The maximum atomic E-state index is 4.36. The number of benzene rings is 1. The molecule has 2 rings (SSSR count). The summed E-state index contributed by atoms with van der Waals surface area (Å²) >= 11 is 0. The highest BCUT2D eigenvalue weighted by atomic mass is 15.3. The standard InChI is InChI=1S/C14H20N6/c1-10(2)16-13-9-15-19-14(18-13)17-11-5-7-12(8-6-11)20(3)4/h5-10H,1-4H3,(H2,16,17,18,19). The molecule has 0 fully saturated rings. The molecule has 6 heteroatoms. The average Bonchev–Trinajstić information content (AvgIpc) is 2.39. The van der Waals surface area contributed by atoms with Gasteiger partial charge in [-0.1, -0.05) is 0 Å². The second-order valence-electron chi connectivity index (χ2n) is 5.03. The van der Waals surface area contributed by atoms with E-state index in [2.05, 4.69) is 44.6 Å². The van der Waals surface area contributed by atoms with Crippen molar-refractivity contribution in [1.82, 2.24) is 15.2 Å². The van der Waals surface area contributed by atoms with Crippen LogP contribution in [0.25, 0.3) is 0 Å². The van der Waals surface area contributed by atoms with Gasteiger partial charge in [0.15, 0.2) is 5.82 Å². The summed E-state index contributed by atoms with van der Waals surface area (Å²) in [5, 5.41) is 14.2. The van der Waals surface area contributed by atoms with Crippen LogP contribution >= 0.6 is 0 Å². The molecule has 0 unspecified atom stereocenters. The normalized spacial score (nSPS) is 10.4. The van der Waals surface area contributed by atoms with E-state index in [0.717, 1.165) is 11.4 Å². The molecular formula is C14H20N6. The van der Waals surface area contributed by atoms with Gasteiger partial charge in [0.25, 0.3) is 0 Å². The maximum absolute atomic E-state index is 4.36. The van der Waals surface area contributed by atoms with Crippen LogP contribution in [-0.2, 0) is 0 Å². The van der Waals surface area contributed by atoms with E-state index in [4.69, 9.17) is 0 Å². The number of anilines is 4. The Bertz CT molecular complexity index is 550. The van der Waals surface area contributed by atoms with E-state index < -0.39 is 0 Å². The van der Waals surface area contributed by atoms with Gasteiger partial charge in [0, 0.05) is 31.5 Å². The fraction of sp³-hybridized carbons (Fsp3) is 0.357. The third-order valence-corrected chi connectivity index (χ3v) is 2.64. The van der Waals surface area contributed by atoms with Gasteiger partial charge in [0.1, 0.15) is 0 Å². The number of hydrogen-bond acceptors (Lipinski definition) is 6. The molecule has 1 aromatic carbocycles. The number of hydrogen-bond donors (Lipinski definition) is 2. The van der Waals surface area contributed by atoms with Crippen molar-refractivity contribution in [3.63, 3.8) is 0 Å². The fourth-order valence-corrected chi connectivity index (χ4v) is 1.69. The first-order valence-electron chi connectivity index (χ1n) is 6.55. The zero-order valence-corrected chi connectivity index (χ0v) is 12.3. The predicted octanol–water partition coefficient (Wildman–Crippen LogP) is 2.50. The van der Waals surface area contributed by atoms with Gasteiger partial charge in [-0.15, -0.1) is 5.10 Å². The van der Waals surface area contributed by atoms with Gasteiger partial charge in [0.05, 0.1) is 6.20 Å². The Hall–Kier alpha value is -2.37. The second-order valence-corrected chi connectivity index (χ2v) is 5.03. The van der Waals surface area contributed by atoms with Crippen LogP contribution in [0.15, 0.2) is 30.5 Å². The molecule has 2 N–H and O–H groups in total. The van der Waals surface area contributed by atoms with Crippen LogP contribution in [0.5, 0.6) is 0 Å². The van der Waals surface area contributed by atoms with Crippen molar-refractivity contribution in [3.05, 3.63) is 30.5 Å². The summed E-state index contributed by atoms with van der Waals surface area (Å²) in [7, 11) is 4.02. The van der Waals surface area contributed by atoms with E-state index >= 15 is 0 Å². The zero-order valence-electron chi connectivity index (χ0n) is 12.3. The third kappa shape index (κ3) is 3.81. The molecule has 6 nitrogen and oxygen atoms in total. The minimum atomic E-state index is 0.305. The van der Waals surface area contributed by atoms with Crippen molar-refractivity contribution >= 4 is 23.1 Å². The highest BCUT2D eigenvalue weighted by Crippen LogP contribution is 2.18. The molecular weight excluding hydrogens is 252 g/mol. The summed E-state index contributed by atoms with van der Waals surface area (Å²) in [5.74, 6) is 1.19. The summed E-state index contributed by atoms with van der Waals surface area (Å²) in [4.78, 5) is 6.41. The van der Waals surface area contributed by atoms with Crippen molar-refractivity contribution < 1.29 is 0 Å². The molecule has 0 saturated heterocycles. The molecule has 1 heterocycles. The zero-order chi connectivity index (χ0) is 14.5. The minimum absolute atomic E-state index is 0.305. The summed E-state index contributed by atoms with van der Waals surface area (Å²) in [5.41, 5.74) is 2.07. The van der Waals surface area contributed by atoms with E-state index in [1.54, 1.807) is 6.20 Å². The minimum Gasteiger partial charge on any atom is -0.378 e. The summed E-state index contributed by atoms with van der Waals surface area (Å²) < 4.78 is 0. The van der Waals surface area contributed by atoms with Crippen LogP contribution in [0.4, 0.5) is 23.1 Å². The molecule has 0 aliphatic rings. The first kappa shape index (κ1) is 14.0. The summed E-state index contributed by atoms with van der Waals surface area (Å²) in [6.45, 7) is 4.10. The van der Waals surface area contributed by atoms with E-state index in [1.807, 2.05) is 38.4 Å². The average molecular weight is 272 g/mol. The Kier molecular flexibility index (Phi) is 4.34. The summed E-state index contributed by atoms with van der Waals surface area (Å²) in [6, 6.07) is 8.35. The van der Waals surface area contributed by atoms with Gasteiger partial charge in [-0.25, -0.2) is 0 Å². The monoisotopic (exact) mass is 272 g/mol. The van der Waals surface area contributed by atoms with E-state index in [-0.39, 0.29) is 0 Å². The molecule has 20 heavy (non-hydrogen) atoms. The largest absolute Gasteiger partial charge is 0.378 e. The van der Waals surface area contributed by atoms with Crippen LogP contribution in [0.2, 0.25) is 0 Å². The Morgan fingerprint density at radius 2 is 1.80 bits per heavy atom. The molecule has 0 bridgehead atoms. The molecule has 0 atom stereocenters. The lowest BCUT2D eigenvalue weighted by Gasteiger charge is -2.13. The lowest BCUT2D eigenvalue weighted by molar-refractivity contribution is 0.873. The fourth-order valence-electron chi connectivity index (χ4n) is 1.69. The van der Waals surface area contributed by atoms with Crippen molar-refractivity contribution in [3.8, 4) is 0 Å². The molecule has 1 aromatic heterocycles. The van der Waals surface area contributed by atoms with Crippen molar-refractivity contribution in [1.29, 1.82) is 0 Å². The molecule has 0 aliphatic heterocycles. The lowest BCUT2D eigenvalue weighted by atomic mass is 10.2. The third-order valence-electron chi connectivity index (χ3n) is 2.64. The lowest BCUT2D eigenvalue weighted by Crippen LogP contribution is -2.12. The molecule has 0 radical (unpaired) electrons. The molecule has 0 aliphatic carbocycles. The van der Waals surface area contributed by atoms with Gasteiger partial charge in [-0.3, -0.25) is 0 Å². The van der Waals surface area contributed by atoms with E-state index in [1.165, 1.54) is 0 Å². The maximum Gasteiger partial charge on any atom is 0.249 e. The highest BCUT2D eigenvalue weighted by molar-refractivity contribution is 5.59. The van der Waals surface area contributed by atoms with Gasteiger partial charge in [-0.05, 0) is 38.1 Å². The van der Waals surface area contributed by atoms with Crippen LogP contribution in [-0.4, -0.2) is 35.3 Å². The topological polar surface area (TPSA) is 66.0 Å². The smallest absolute Gasteiger partial charge is 0.249 e. The van der Waals surface area contributed by atoms with E-state index in [0.29, 0.717) is 17.8 Å². The van der Waals surface area contributed by atoms with Gasteiger partial charge < -0.3 is 15.5 Å². The molecule has 0 amide bonds. The van der Waals surface area contributed by atoms with Crippen LogP contribution < -0.4 is 15.5 Å². The van der Waals surface area contributed by atoms with Gasteiger partial charge in [0.2, 0.25) is 5.95 Å². The Balaban J connectivity index is 2.09. The van der Waals surface area contributed by atoms with Crippen LogP contribution in [0.3, 0.4) is 0 Å². The number of rotatable bonds is 5. The number of nitrogens with one attached hydrogen (secondary N) is 2.